The highest BCUT2D eigenvalue weighted by Crippen LogP contribution is 2.48. The predicted molar refractivity (Wildman–Crippen MR) is 71.4 cm³/mol. The maximum atomic E-state index is 12.3. The fraction of sp³-hybridized carbons (Fsp3) is 0.615. The van der Waals surface area contributed by atoms with Crippen LogP contribution in [0.3, 0.4) is 0 Å². The Balaban J connectivity index is 1.75. The molecule has 1 amide bonds. The van der Waals surface area contributed by atoms with E-state index in [1.54, 1.807) is 6.92 Å². The Kier molecular flexibility index (Phi) is 3.05. The van der Waals surface area contributed by atoms with E-state index in [9.17, 15) is 9.59 Å². The molecule has 5 nitrogen and oxygen atoms in total. The molecule has 0 aromatic carbocycles. The van der Waals surface area contributed by atoms with Crippen molar-refractivity contribution < 1.29 is 14.7 Å². The lowest BCUT2D eigenvalue weighted by atomic mass is 9.88. The summed E-state index contributed by atoms with van der Waals surface area (Å²) >= 11 is 1.05. The van der Waals surface area contributed by atoms with E-state index in [2.05, 4.69) is 9.69 Å². The standard InChI is InChI=1S/C13H16N2O3S/c1-6-10(13(17)18)12(19-15-6)14-11(16)9-5-7-2-3-8(9)4-7/h7-9H,2-5H2,1H3,(H,14,16)(H,17,18). The Morgan fingerprint density at radius 3 is 2.74 bits per heavy atom. The second-order valence-electron chi connectivity index (χ2n) is 5.55. The molecule has 19 heavy (non-hydrogen) atoms. The summed E-state index contributed by atoms with van der Waals surface area (Å²) in [7, 11) is 0. The Bertz CT molecular complexity index is 540. The minimum Gasteiger partial charge on any atom is -0.478 e. The zero-order chi connectivity index (χ0) is 13.6. The molecular weight excluding hydrogens is 264 g/mol. The van der Waals surface area contributed by atoms with Crippen molar-refractivity contribution in [3.63, 3.8) is 0 Å². The molecule has 3 rings (SSSR count). The van der Waals surface area contributed by atoms with Crippen molar-refractivity contribution in [1.82, 2.24) is 4.37 Å². The highest BCUT2D eigenvalue weighted by Gasteiger charge is 2.43. The van der Waals surface area contributed by atoms with Crippen LogP contribution in [0.15, 0.2) is 0 Å². The smallest absolute Gasteiger partial charge is 0.340 e. The third kappa shape index (κ3) is 2.14. The number of nitrogens with one attached hydrogen (secondary N) is 1. The van der Waals surface area contributed by atoms with Gasteiger partial charge in [-0.3, -0.25) is 4.79 Å². The Hall–Kier alpha value is -1.43. The van der Waals surface area contributed by atoms with Crippen molar-refractivity contribution in [3.05, 3.63) is 11.3 Å². The van der Waals surface area contributed by atoms with E-state index in [1.165, 1.54) is 6.42 Å². The first-order valence-electron chi connectivity index (χ1n) is 6.56. The minimum atomic E-state index is -1.03. The molecule has 0 radical (unpaired) electrons. The zero-order valence-corrected chi connectivity index (χ0v) is 11.5. The first-order chi connectivity index (χ1) is 9.06. The lowest BCUT2D eigenvalue weighted by Gasteiger charge is -2.20. The molecule has 2 bridgehead atoms. The van der Waals surface area contributed by atoms with Crippen molar-refractivity contribution in [2.24, 2.45) is 17.8 Å². The van der Waals surface area contributed by atoms with Gasteiger partial charge in [0, 0.05) is 5.92 Å². The first kappa shape index (κ1) is 12.6. The van der Waals surface area contributed by atoms with Crippen LogP contribution >= 0.6 is 11.5 Å². The summed E-state index contributed by atoms with van der Waals surface area (Å²) in [5.41, 5.74) is 0.585. The second kappa shape index (κ2) is 4.59. The molecule has 102 valence electrons. The predicted octanol–water partition coefficient (Wildman–Crippen LogP) is 2.52. The maximum absolute atomic E-state index is 12.3. The van der Waals surface area contributed by atoms with Crippen LogP contribution in [0.25, 0.3) is 0 Å². The molecule has 1 aromatic heterocycles. The van der Waals surface area contributed by atoms with Gasteiger partial charge in [0.25, 0.3) is 0 Å². The van der Waals surface area contributed by atoms with Crippen LogP contribution in [0.5, 0.6) is 0 Å². The van der Waals surface area contributed by atoms with E-state index in [1.807, 2.05) is 0 Å². The molecule has 0 spiro atoms. The number of carboxylic acid groups (broad SMARTS) is 1. The van der Waals surface area contributed by atoms with E-state index in [4.69, 9.17) is 5.11 Å². The normalized spacial score (nSPS) is 28.6. The summed E-state index contributed by atoms with van der Waals surface area (Å²) in [6.07, 6.45) is 4.49. The summed E-state index contributed by atoms with van der Waals surface area (Å²) < 4.78 is 4.01. The summed E-state index contributed by atoms with van der Waals surface area (Å²) in [5.74, 6) is 0.186. The number of amides is 1. The Morgan fingerprint density at radius 1 is 1.37 bits per heavy atom. The number of aromatic carboxylic acids is 1. The summed E-state index contributed by atoms with van der Waals surface area (Å²) in [6.45, 7) is 1.65. The van der Waals surface area contributed by atoms with Crippen LogP contribution in [0.4, 0.5) is 5.00 Å². The number of hydrogen-bond donors (Lipinski definition) is 2. The van der Waals surface area contributed by atoms with E-state index < -0.39 is 5.97 Å². The van der Waals surface area contributed by atoms with Crippen LogP contribution in [0.1, 0.15) is 41.7 Å². The maximum Gasteiger partial charge on any atom is 0.340 e. The van der Waals surface area contributed by atoms with Crippen LogP contribution in [0.2, 0.25) is 0 Å². The van der Waals surface area contributed by atoms with Gasteiger partial charge >= 0.3 is 5.97 Å². The highest BCUT2D eigenvalue weighted by molar-refractivity contribution is 7.11. The van der Waals surface area contributed by atoms with Crippen molar-refractivity contribution in [2.75, 3.05) is 5.32 Å². The number of anilines is 1. The number of carboxylic acids is 1. The Morgan fingerprint density at radius 2 is 2.16 bits per heavy atom. The highest BCUT2D eigenvalue weighted by atomic mass is 32.1. The molecule has 0 aliphatic heterocycles. The summed E-state index contributed by atoms with van der Waals surface area (Å²) in [6, 6.07) is 0. The van der Waals surface area contributed by atoms with Gasteiger partial charge < -0.3 is 10.4 Å². The van der Waals surface area contributed by atoms with E-state index in [-0.39, 0.29) is 17.4 Å². The molecular formula is C13H16N2O3S. The minimum absolute atomic E-state index is 0.0293. The van der Waals surface area contributed by atoms with Crippen molar-refractivity contribution in [2.45, 2.75) is 32.6 Å². The average Bonchev–Trinajstić information content (AvgIpc) is 3.04. The van der Waals surface area contributed by atoms with Crippen LogP contribution in [-0.2, 0) is 4.79 Å². The number of carbonyl (C=O) groups is 2. The van der Waals surface area contributed by atoms with Gasteiger partial charge in [-0.05, 0) is 49.6 Å². The molecule has 2 aliphatic carbocycles. The molecule has 3 atom stereocenters. The number of nitrogens with zero attached hydrogens (tertiary/aromatic N) is 1. The van der Waals surface area contributed by atoms with E-state index in [0.717, 1.165) is 30.8 Å². The SMILES string of the molecule is Cc1nsc(NC(=O)C2CC3CCC2C3)c1C(=O)O. The van der Waals surface area contributed by atoms with Crippen LogP contribution in [0, 0.1) is 24.7 Å². The molecule has 2 fully saturated rings. The monoisotopic (exact) mass is 280 g/mol. The van der Waals surface area contributed by atoms with Gasteiger partial charge in [0.05, 0.1) is 5.69 Å². The van der Waals surface area contributed by atoms with Gasteiger partial charge in [-0.2, -0.15) is 4.37 Å². The summed E-state index contributed by atoms with van der Waals surface area (Å²) in [4.78, 5) is 23.4. The Labute approximate surface area is 115 Å². The molecule has 1 heterocycles. The molecule has 2 saturated carbocycles. The lowest BCUT2D eigenvalue weighted by Crippen LogP contribution is -2.27. The van der Waals surface area contributed by atoms with E-state index >= 15 is 0 Å². The van der Waals surface area contributed by atoms with Gasteiger partial charge in [0.15, 0.2) is 0 Å². The topological polar surface area (TPSA) is 79.3 Å². The largest absolute Gasteiger partial charge is 0.478 e. The fourth-order valence-corrected chi connectivity index (χ4v) is 4.27. The molecule has 0 saturated heterocycles. The number of fused-ring (bicyclic) bond motifs is 2. The molecule has 1 aromatic rings. The molecule has 6 heteroatoms. The quantitative estimate of drug-likeness (QED) is 0.891. The number of aromatic nitrogens is 1. The van der Waals surface area contributed by atoms with Gasteiger partial charge in [0.1, 0.15) is 10.6 Å². The van der Waals surface area contributed by atoms with Crippen LogP contribution in [-0.4, -0.2) is 21.4 Å². The molecule has 3 unspecified atom stereocenters. The zero-order valence-electron chi connectivity index (χ0n) is 10.7. The fourth-order valence-electron chi connectivity index (χ4n) is 3.48. The first-order valence-corrected chi connectivity index (χ1v) is 7.34. The van der Waals surface area contributed by atoms with E-state index in [0.29, 0.717) is 22.5 Å². The average molecular weight is 280 g/mol. The van der Waals surface area contributed by atoms with Crippen molar-refractivity contribution in [1.29, 1.82) is 0 Å². The van der Waals surface area contributed by atoms with Gasteiger partial charge in [0.2, 0.25) is 5.91 Å². The number of rotatable bonds is 3. The summed E-state index contributed by atoms with van der Waals surface area (Å²) in [5, 5.41) is 12.3. The van der Waals surface area contributed by atoms with Crippen molar-refractivity contribution >= 4 is 28.4 Å². The number of hydrogen-bond acceptors (Lipinski definition) is 4. The molecule has 2 aliphatic rings. The van der Waals surface area contributed by atoms with Crippen molar-refractivity contribution in [3.8, 4) is 0 Å². The van der Waals surface area contributed by atoms with Gasteiger partial charge in [-0.25, -0.2) is 4.79 Å². The van der Waals surface area contributed by atoms with Gasteiger partial charge in [-0.1, -0.05) is 6.42 Å². The van der Waals surface area contributed by atoms with Crippen LogP contribution < -0.4 is 5.32 Å². The third-order valence-corrected chi connectivity index (χ3v) is 5.24. The number of carbonyl (C=O) groups excluding carboxylic acids is 1. The van der Waals surface area contributed by atoms with Gasteiger partial charge in [-0.15, -0.1) is 0 Å². The molecule has 2 N–H and O–H groups in total. The third-order valence-electron chi connectivity index (χ3n) is 4.39. The second-order valence-corrected chi connectivity index (χ2v) is 6.32. The lowest BCUT2D eigenvalue weighted by molar-refractivity contribution is -0.121. The number of aryl methyl sites for hydroxylation is 1.